The first-order valence-corrected chi connectivity index (χ1v) is 3.55. The van der Waals surface area contributed by atoms with E-state index in [1.54, 1.807) is 0 Å². The zero-order valence-electron chi connectivity index (χ0n) is 6.48. The molecule has 0 atom stereocenters. The number of rotatable bonds is 5. The van der Waals surface area contributed by atoms with Crippen LogP contribution in [0.25, 0.3) is 0 Å². The van der Waals surface area contributed by atoms with E-state index in [0.717, 1.165) is 13.1 Å². The molecule has 0 fully saturated rings. The molecule has 0 saturated heterocycles. The fourth-order valence-corrected chi connectivity index (χ4v) is 0.665. The smallest absolute Gasteiger partial charge is 0.0127 e. The summed E-state index contributed by atoms with van der Waals surface area (Å²) in [4.78, 5) is 0. The van der Waals surface area contributed by atoms with Crippen molar-refractivity contribution >= 4 is 0 Å². The summed E-state index contributed by atoms with van der Waals surface area (Å²) in [5, 5.41) is 2.08. The van der Waals surface area contributed by atoms with Crippen molar-refractivity contribution in [2.45, 2.75) is 19.8 Å². The van der Waals surface area contributed by atoms with Gasteiger partial charge in [-0.1, -0.05) is 13.3 Å². The van der Waals surface area contributed by atoms with E-state index in [4.69, 9.17) is 0 Å². The molecule has 0 spiro atoms. The molecule has 9 heavy (non-hydrogen) atoms. The van der Waals surface area contributed by atoms with Gasteiger partial charge in [0.25, 0.3) is 0 Å². The van der Waals surface area contributed by atoms with Crippen molar-refractivity contribution in [2.75, 3.05) is 20.1 Å². The summed E-state index contributed by atoms with van der Waals surface area (Å²) in [5.41, 5.74) is 3.10. The average Bonchev–Trinajstić information content (AvgIpc) is 1.85. The van der Waals surface area contributed by atoms with Crippen molar-refractivity contribution in [3.05, 3.63) is 6.92 Å². The lowest BCUT2D eigenvalue weighted by atomic mass is 10.3. The van der Waals surface area contributed by atoms with Crippen molar-refractivity contribution in [1.82, 2.24) is 10.4 Å². The molecule has 1 radical (unpaired) electrons. The molecule has 1 N–H and O–H groups in total. The van der Waals surface area contributed by atoms with Gasteiger partial charge in [0.05, 0.1) is 0 Å². The van der Waals surface area contributed by atoms with Crippen LogP contribution >= 0.6 is 0 Å². The van der Waals surface area contributed by atoms with E-state index in [1.807, 2.05) is 7.05 Å². The van der Waals surface area contributed by atoms with Crippen LogP contribution in [0.3, 0.4) is 0 Å². The number of hydrogen-bond donors (Lipinski definition) is 1. The number of hydrogen-bond acceptors (Lipinski definition) is 2. The Labute approximate surface area is 58.2 Å². The lowest BCUT2D eigenvalue weighted by Crippen LogP contribution is -2.34. The molecule has 0 bridgehead atoms. The summed E-state index contributed by atoms with van der Waals surface area (Å²) in [6.07, 6.45) is 2.51. The van der Waals surface area contributed by atoms with E-state index in [0.29, 0.717) is 0 Å². The third-order valence-corrected chi connectivity index (χ3v) is 1.23. The standard InChI is InChI=1S/C7H17N2/c1-4-6-7-9(3)8-5-2/h8H,2,4-7H2,1,3H3. The molecule has 0 rings (SSSR count). The third kappa shape index (κ3) is 5.80. The zero-order valence-corrected chi connectivity index (χ0v) is 6.48. The summed E-state index contributed by atoms with van der Waals surface area (Å²) in [7, 11) is 2.04. The minimum absolute atomic E-state index is 0.778. The molecule has 0 heterocycles. The predicted molar refractivity (Wildman–Crippen MR) is 40.9 cm³/mol. The molecular weight excluding hydrogens is 112 g/mol. The Bertz CT molecular complexity index is 54.9. The second-order valence-electron chi connectivity index (χ2n) is 2.18. The number of nitrogens with one attached hydrogen (secondary N) is 1. The Balaban J connectivity index is 2.95. The van der Waals surface area contributed by atoms with Gasteiger partial charge in [0.2, 0.25) is 0 Å². The van der Waals surface area contributed by atoms with Gasteiger partial charge in [-0.2, -0.15) is 0 Å². The molecule has 0 aromatic rings. The van der Waals surface area contributed by atoms with Crippen molar-refractivity contribution < 1.29 is 0 Å². The van der Waals surface area contributed by atoms with Crippen molar-refractivity contribution in [2.24, 2.45) is 0 Å². The second kappa shape index (κ2) is 6.05. The van der Waals surface area contributed by atoms with Gasteiger partial charge < -0.3 is 0 Å². The van der Waals surface area contributed by atoms with E-state index in [2.05, 4.69) is 24.3 Å². The molecule has 2 nitrogen and oxygen atoms in total. The topological polar surface area (TPSA) is 15.3 Å². The molecule has 0 aliphatic rings. The maximum Gasteiger partial charge on any atom is 0.0127 e. The van der Waals surface area contributed by atoms with E-state index in [9.17, 15) is 0 Å². The molecule has 0 aliphatic carbocycles. The van der Waals surface area contributed by atoms with E-state index >= 15 is 0 Å². The van der Waals surface area contributed by atoms with Gasteiger partial charge in [-0.25, -0.2) is 5.01 Å². The van der Waals surface area contributed by atoms with Crippen molar-refractivity contribution in [3.63, 3.8) is 0 Å². The molecule has 0 aromatic heterocycles. The SMILES string of the molecule is [CH2]CNN(C)CCCC. The van der Waals surface area contributed by atoms with Gasteiger partial charge in [0.1, 0.15) is 0 Å². The molecule has 0 aromatic carbocycles. The highest BCUT2D eigenvalue weighted by molar-refractivity contribution is 4.45. The van der Waals surface area contributed by atoms with Gasteiger partial charge in [-0.15, -0.1) is 0 Å². The highest BCUT2D eigenvalue weighted by Gasteiger charge is 1.90. The summed E-state index contributed by atoms with van der Waals surface area (Å²) in [6.45, 7) is 7.77. The molecule has 0 amide bonds. The van der Waals surface area contributed by atoms with Crippen LogP contribution in [0.15, 0.2) is 0 Å². The van der Waals surface area contributed by atoms with Crippen LogP contribution in [-0.2, 0) is 0 Å². The van der Waals surface area contributed by atoms with Crippen LogP contribution in [0.1, 0.15) is 19.8 Å². The van der Waals surface area contributed by atoms with E-state index < -0.39 is 0 Å². The summed E-state index contributed by atoms with van der Waals surface area (Å²) >= 11 is 0. The molecule has 2 heteroatoms. The van der Waals surface area contributed by atoms with Gasteiger partial charge in [-0.05, 0) is 13.3 Å². The van der Waals surface area contributed by atoms with Gasteiger partial charge in [-0.3, -0.25) is 5.43 Å². The highest BCUT2D eigenvalue weighted by atomic mass is 15.5. The quantitative estimate of drug-likeness (QED) is 0.558. The Morgan fingerprint density at radius 2 is 2.22 bits per heavy atom. The Hall–Kier alpha value is -0.0800. The zero-order chi connectivity index (χ0) is 7.11. The minimum Gasteiger partial charge on any atom is -0.255 e. The molecule has 0 unspecified atom stereocenters. The summed E-state index contributed by atoms with van der Waals surface area (Å²) < 4.78 is 0. The van der Waals surface area contributed by atoms with Gasteiger partial charge >= 0.3 is 0 Å². The maximum absolute atomic E-state index is 3.68. The number of unbranched alkanes of at least 4 members (excludes halogenated alkanes) is 1. The number of nitrogens with zero attached hydrogens (tertiary/aromatic N) is 1. The largest absolute Gasteiger partial charge is 0.255 e. The van der Waals surface area contributed by atoms with E-state index in [1.165, 1.54) is 12.8 Å². The summed E-state index contributed by atoms with van der Waals surface area (Å²) in [5.74, 6) is 0. The fraction of sp³-hybridized carbons (Fsp3) is 0.857. The second-order valence-corrected chi connectivity index (χ2v) is 2.18. The van der Waals surface area contributed by atoms with Gasteiger partial charge in [0.15, 0.2) is 0 Å². The van der Waals surface area contributed by atoms with Crippen LogP contribution in [0.2, 0.25) is 0 Å². The first kappa shape index (κ1) is 8.92. The minimum atomic E-state index is 0.778. The Morgan fingerprint density at radius 3 is 2.67 bits per heavy atom. The lowest BCUT2D eigenvalue weighted by Gasteiger charge is -2.15. The van der Waals surface area contributed by atoms with Crippen LogP contribution in [0.5, 0.6) is 0 Å². The highest BCUT2D eigenvalue weighted by Crippen LogP contribution is 1.86. The molecule has 0 saturated carbocycles. The third-order valence-electron chi connectivity index (χ3n) is 1.23. The van der Waals surface area contributed by atoms with Crippen LogP contribution in [-0.4, -0.2) is 25.1 Å². The molecular formula is C7H17N2. The Morgan fingerprint density at radius 1 is 1.56 bits per heavy atom. The molecule has 55 valence electrons. The average molecular weight is 129 g/mol. The Kier molecular flexibility index (Phi) is 5.99. The lowest BCUT2D eigenvalue weighted by molar-refractivity contribution is 0.243. The van der Waals surface area contributed by atoms with Gasteiger partial charge in [0, 0.05) is 20.1 Å². The maximum atomic E-state index is 3.68. The van der Waals surface area contributed by atoms with Crippen LogP contribution in [0, 0.1) is 6.92 Å². The van der Waals surface area contributed by atoms with E-state index in [-0.39, 0.29) is 0 Å². The first-order chi connectivity index (χ1) is 4.31. The monoisotopic (exact) mass is 129 g/mol. The summed E-state index contributed by atoms with van der Waals surface area (Å²) in [6, 6.07) is 0. The normalized spacial score (nSPS) is 10.7. The molecule has 0 aliphatic heterocycles. The van der Waals surface area contributed by atoms with Crippen molar-refractivity contribution in [1.29, 1.82) is 0 Å². The van der Waals surface area contributed by atoms with Crippen LogP contribution in [0.4, 0.5) is 0 Å². The predicted octanol–water partition coefficient (Wildman–Crippen LogP) is 1.06. The van der Waals surface area contributed by atoms with Crippen molar-refractivity contribution in [3.8, 4) is 0 Å². The first-order valence-electron chi connectivity index (χ1n) is 3.55. The number of hydrazine groups is 1. The fourth-order valence-electron chi connectivity index (χ4n) is 0.665. The van der Waals surface area contributed by atoms with Crippen LogP contribution < -0.4 is 5.43 Å².